The molecule has 0 aliphatic carbocycles. The number of esters is 1. The molecule has 0 atom stereocenters. The van der Waals surface area contributed by atoms with Crippen molar-refractivity contribution in [2.45, 2.75) is 13.3 Å². The van der Waals surface area contributed by atoms with Crippen LogP contribution in [0.2, 0.25) is 0 Å². The average Bonchev–Trinajstić information content (AvgIpc) is 3.18. The summed E-state index contributed by atoms with van der Waals surface area (Å²) in [5.41, 5.74) is 0.950. The maximum absolute atomic E-state index is 12.1. The van der Waals surface area contributed by atoms with Crippen LogP contribution >= 0.6 is 0 Å². The lowest BCUT2D eigenvalue weighted by molar-refractivity contribution is -0.144. The highest BCUT2D eigenvalue weighted by atomic mass is 16.7. The van der Waals surface area contributed by atoms with Crippen molar-refractivity contribution >= 4 is 17.5 Å². The summed E-state index contributed by atoms with van der Waals surface area (Å²) in [6, 6.07) is 11.2. The number of hydrogen-bond donors (Lipinski definition) is 0. The minimum Gasteiger partial charge on any atom is -0.482 e. The molecule has 0 bridgehead atoms. The summed E-state index contributed by atoms with van der Waals surface area (Å²) in [6.07, 6.45) is 0.421. The molecule has 1 aliphatic heterocycles. The smallest absolute Gasteiger partial charge is 0.344 e. The zero-order valence-corrected chi connectivity index (χ0v) is 14.7. The second kappa shape index (κ2) is 8.35. The van der Waals surface area contributed by atoms with Crippen LogP contribution in [0.4, 0.5) is 0 Å². The van der Waals surface area contributed by atoms with Crippen LogP contribution in [0.3, 0.4) is 0 Å². The molecule has 140 valence electrons. The maximum Gasteiger partial charge on any atom is 0.344 e. The summed E-state index contributed by atoms with van der Waals surface area (Å²) in [5.74, 6) is 0.496. The zero-order chi connectivity index (χ0) is 19.2. The Morgan fingerprint density at radius 3 is 2.33 bits per heavy atom. The number of hydrogen-bond acceptors (Lipinski definition) is 7. The van der Waals surface area contributed by atoms with E-state index in [0.29, 0.717) is 34.8 Å². The van der Waals surface area contributed by atoms with Crippen molar-refractivity contribution < 1.29 is 33.3 Å². The van der Waals surface area contributed by atoms with Crippen molar-refractivity contribution in [2.75, 3.05) is 20.0 Å². The van der Waals surface area contributed by atoms with E-state index >= 15 is 0 Å². The molecule has 0 aromatic heterocycles. The fourth-order valence-corrected chi connectivity index (χ4v) is 2.42. The summed E-state index contributed by atoms with van der Waals surface area (Å²) < 4.78 is 20.6. The van der Waals surface area contributed by atoms with E-state index in [1.54, 1.807) is 49.4 Å². The molecule has 0 radical (unpaired) electrons. The molecule has 0 N–H and O–H groups in total. The van der Waals surface area contributed by atoms with E-state index in [1.165, 1.54) is 0 Å². The Labute approximate surface area is 155 Å². The topological polar surface area (TPSA) is 88.1 Å². The number of Topliss-reactive ketones (excluding diaryl/α,β-unsaturated/α-hetero) is 2. The molecule has 0 unspecified atom stereocenters. The average molecular weight is 370 g/mol. The lowest BCUT2D eigenvalue weighted by Gasteiger charge is -2.07. The standard InChI is InChI=1S/C20H18O7/c1-2-16(21)13-3-6-15(7-4-13)24-11-20(23)25-10-17(22)14-5-8-18-19(9-14)27-12-26-18/h3-9H,2,10-12H2,1H3. The van der Waals surface area contributed by atoms with Crippen molar-refractivity contribution in [3.8, 4) is 17.2 Å². The molecule has 0 amide bonds. The lowest BCUT2D eigenvalue weighted by Crippen LogP contribution is -2.19. The highest BCUT2D eigenvalue weighted by molar-refractivity contribution is 5.98. The quantitative estimate of drug-likeness (QED) is 0.521. The van der Waals surface area contributed by atoms with Crippen LogP contribution < -0.4 is 14.2 Å². The molecule has 0 saturated heterocycles. The molecule has 0 fully saturated rings. The molecule has 1 heterocycles. The molecule has 1 aliphatic rings. The Balaban J connectivity index is 1.45. The predicted octanol–water partition coefficient (Wildman–Crippen LogP) is 2.81. The minimum absolute atomic E-state index is 0.0305. The van der Waals surface area contributed by atoms with Gasteiger partial charge in [0.15, 0.2) is 36.3 Å². The third kappa shape index (κ3) is 4.63. The third-order valence-corrected chi connectivity index (χ3v) is 3.91. The second-order valence-corrected chi connectivity index (χ2v) is 5.74. The monoisotopic (exact) mass is 370 g/mol. The van der Waals surface area contributed by atoms with Crippen LogP contribution in [-0.4, -0.2) is 37.5 Å². The first-order valence-electron chi connectivity index (χ1n) is 8.41. The Morgan fingerprint density at radius 1 is 0.889 bits per heavy atom. The number of rotatable bonds is 8. The van der Waals surface area contributed by atoms with E-state index in [-0.39, 0.29) is 25.0 Å². The third-order valence-electron chi connectivity index (χ3n) is 3.91. The number of carbonyl (C=O) groups excluding carboxylic acids is 3. The van der Waals surface area contributed by atoms with Gasteiger partial charge in [0.1, 0.15) is 5.75 Å². The minimum atomic E-state index is -0.669. The summed E-state index contributed by atoms with van der Waals surface area (Å²) >= 11 is 0. The van der Waals surface area contributed by atoms with Gasteiger partial charge < -0.3 is 18.9 Å². The number of benzene rings is 2. The van der Waals surface area contributed by atoms with Gasteiger partial charge in [0.2, 0.25) is 6.79 Å². The van der Waals surface area contributed by atoms with E-state index in [9.17, 15) is 14.4 Å². The van der Waals surface area contributed by atoms with Crippen LogP contribution in [0, 0.1) is 0 Å². The van der Waals surface area contributed by atoms with Crippen molar-refractivity contribution in [1.29, 1.82) is 0 Å². The fourth-order valence-electron chi connectivity index (χ4n) is 2.42. The largest absolute Gasteiger partial charge is 0.482 e. The van der Waals surface area contributed by atoms with Crippen molar-refractivity contribution in [3.05, 3.63) is 53.6 Å². The Bertz CT molecular complexity index is 855. The van der Waals surface area contributed by atoms with Gasteiger partial charge in [-0.05, 0) is 42.5 Å². The van der Waals surface area contributed by atoms with E-state index in [1.807, 2.05) is 0 Å². The van der Waals surface area contributed by atoms with Crippen LogP contribution in [-0.2, 0) is 9.53 Å². The van der Waals surface area contributed by atoms with E-state index < -0.39 is 12.6 Å². The van der Waals surface area contributed by atoms with Gasteiger partial charge in [-0.25, -0.2) is 4.79 Å². The first kappa shape index (κ1) is 18.4. The number of ketones is 2. The van der Waals surface area contributed by atoms with Gasteiger partial charge >= 0.3 is 5.97 Å². The highest BCUT2D eigenvalue weighted by Crippen LogP contribution is 2.32. The van der Waals surface area contributed by atoms with Gasteiger partial charge in [-0.2, -0.15) is 0 Å². The van der Waals surface area contributed by atoms with Crippen molar-refractivity contribution in [3.63, 3.8) is 0 Å². The molecule has 7 heteroatoms. The van der Waals surface area contributed by atoms with Gasteiger partial charge in [0.05, 0.1) is 0 Å². The van der Waals surface area contributed by atoms with E-state index in [0.717, 1.165) is 0 Å². The molecule has 2 aromatic carbocycles. The van der Waals surface area contributed by atoms with Gasteiger partial charge in [-0.3, -0.25) is 9.59 Å². The summed E-state index contributed by atoms with van der Waals surface area (Å²) in [4.78, 5) is 35.4. The van der Waals surface area contributed by atoms with E-state index in [4.69, 9.17) is 18.9 Å². The van der Waals surface area contributed by atoms with Crippen molar-refractivity contribution in [1.82, 2.24) is 0 Å². The van der Waals surface area contributed by atoms with E-state index in [2.05, 4.69) is 0 Å². The first-order valence-corrected chi connectivity index (χ1v) is 8.41. The fraction of sp³-hybridized carbons (Fsp3) is 0.250. The molecule has 27 heavy (non-hydrogen) atoms. The van der Waals surface area contributed by atoms with Gasteiger partial charge in [-0.1, -0.05) is 6.92 Å². The van der Waals surface area contributed by atoms with Crippen molar-refractivity contribution in [2.24, 2.45) is 0 Å². The Kier molecular flexibility index (Phi) is 5.71. The predicted molar refractivity (Wildman–Crippen MR) is 94.4 cm³/mol. The highest BCUT2D eigenvalue weighted by Gasteiger charge is 2.17. The van der Waals surface area contributed by atoms with Gasteiger partial charge in [-0.15, -0.1) is 0 Å². The van der Waals surface area contributed by atoms with Crippen LogP contribution in [0.15, 0.2) is 42.5 Å². The summed E-state index contributed by atoms with van der Waals surface area (Å²) in [6.45, 7) is 1.17. The SMILES string of the molecule is CCC(=O)c1ccc(OCC(=O)OCC(=O)c2ccc3c(c2)OCO3)cc1. The first-order chi connectivity index (χ1) is 13.1. The molecule has 7 nitrogen and oxygen atoms in total. The molecular formula is C20H18O7. The van der Waals surface area contributed by atoms with Crippen LogP contribution in [0.1, 0.15) is 34.1 Å². The number of carbonyl (C=O) groups is 3. The summed E-state index contributed by atoms with van der Waals surface area (Å²) in [5, 5.41) is 0. The molecule has 0 spiro atoms. The van der Waals surface area contributed by atoms with Crippen LogP contribution in [0.5, 0.6) is 17.2 Å². The van der Waals surface area contributed by atoms with Crippen LogP contribution in [0.25, 0.3) is 0 Å². The Hall–Kier alpha value is -3.35. The molecule has 0 saturated carbocycles. The Morgan fingerprint density at radius 2 is 1.59 bits per heavy atom. The number of ether oxygens (including phenoxy) is 4. The molecule has 2 aromatic rings. The van der Waals surface area contributed by atoms with Gasteiger partial charge in [0, 0.05) is 17.5 Å². The maximum atomic E-state index is 12.1. The second-order valence-electron chi connectivity index (χ2n) is 5.74. The molecular weight excluding hydrogens is 352 g/mol. The zero-order valence-electron chi connectivity index (χ0n) is 14.7. The summed E-state index contributed by atoms with van der Waals surface area (Å²) in [7, 11) is 0. The van der Waals surface area contributed by atoms with Gasteiger partial charge in [0.25, 0.3) is 0 Å². The normalized spacial score (nSPS) is 11.7. The molecule has 3 rings (SSSR count). The number of fused-ring (bicyclic) bond motifs is 1. The lowest BCUT2D eigenvalue weighted by atomic mass is 10.1.